The van der Waals surface area contributed by atoms with Crippen LogP contribution in [0.2, 0.25) is 6.32 Å². The first kappa shape index (κ1) is 23.6. The number of hydrogen-bond acceptors (Lipinski definition) is 1. The number of ether oxygens (including phenoxy) is 1. The Kier molecular flexibility index (Phi) is 8.16. The van der Waals surface area contributed by atoms with Gasteiger partial charge in [0.2, 0.25) is 0 Å². The van der Waals surface area contributed by atoms with Gasteiger partial charge in [-0.15, -0.1) is 0 Å². The molecule has 1 aliphatic carbocycles. The second kappa shape index (κ2) is 11.1. The molecule has 1 unspecified atom stereocenters. The molecule has 0 aromatic heterocycles. The Labute approximate surface area is 197 Å². The van der Waals surface area contributed by atoms with Crippen LogP contribution in [0.4, 0.5) is 0 Å². The summed E-state index contributed by atoms with van der Waals surface area (Å²) >= 11 is 0. The van der Waals surface area contributed by atoms with Crippen molar-refractivity contribution in [3.8, 4) is 11.1 Å². The number of hydrogen-bond donors (Lipinski definition) is 0. The molecule has 1 atom stereocenters. The van der Waals surface area contributed by atoms with E-state index in [0.29, 0.717) is 0 Å². The zero-order valence-corrected chi connectivity index (χ0v) is 20.7. The second-order valence-corrected chi connectivity index (χ2v) is 10.2. The Morgan fingerprint density at radius 1 is 0.844 bits per heavy atom. The van der Waals surface area contributed by atoms with Gasteiger partial charge in [0.05, 0.1) is 0 Å². The van der Waals surface area contributed by atoms with Gasteiger partial charge in [-0.3, -0.25) is 0 Å². The number of rotatable bonds is 11. The first-order valence-electron chi connectivity index (χ1n) is 13.4. The van der Waals surface area contributed by atoms with Gasteiger partial charge >= 0.3 is 0 Å². The molecule has 0 spiro atoms. The topological polar surface area (TPSA) is 9.23 Å². The predicted octanol–water partition coefficient (Wildman–Crippen LogP) is 8.74. The van der Waals surface area contributed by atoms with Crippen LogP contribution in [-0.4, -0.2) is 13.9 Å². The summed E-state index contributed by atoms with van der Waals surface area (Å²) in [6.07, 6.45) is 15.5. The van der Waals surface area contributed by atoms with Crippen molar-refractivity contribution in [2.45, 2.75) is 109 Å². The maximum atomic E-state index is 6.16. The molecule has 0 N–H and O–H groups in total. The van der Waals surface area contributed by atoms with Crippen molar-refractivity contribution in [2.24, 2.45) is 0 Å². The van der Waals surface area contributed by atoms with Crippen LogP contribution in [0.15, 0.2) is 36.4 Å². The van der Waals surface area contributed by atoms with E-state index in [9.17, 15) is 0 Å². The quantitative estimate of drug-likeness (QED) is 0.256. The summed E-state index contributed by atoms with van der Waals surface area (Å²) in [5, 5.41) is 0. The van der Waals surface area contributed by atoms with E-state index in [0.717, 1.165) is 13.0 Å². The lowest BCUT2D eigenvalue weighted by atomic mass is 9.63. The SMILES string of the molecule is CCCCCCC1(CCCCCC)c2cc(C)ccc2-c2ccc(C3[B]CCCO3)cc21. The van der Waals surface area contributed by atoms with Crippen LogP contribution in [0, 0.1) is 6.92 Å². The average Bonchev–Trinajstić information content (AvgIpc) is 3.09. The van der Waals surface area contributed by atoms with Crippen LogP contribution in [0.5, 0.6) is 0 Å². The zero-order chi connectivity index (χ0) is 22.4. The van der Waals surface area contributed by atoms with Crippen molar-refractivity contribution in [1.82, 2.24) is 0 Å². The van der Waals surface area contributed by atoms with Gasteiger partial charge < -0.3 is 4.74 Å². The maximum absolute atomic E-state index is 6.16. The highest BCUT2D eigenvalue weighted by Crippen LogP contribution is 2.55. The largest absolute Gasteiger partial charge is 0.383 e. The first-order chi connectivity index (χ1) is 15.7. The van der Waals surface area contributed by atoms with Crippen LogP contribution in [-0.2, 0) is 10.2 Å². The lowest BCUT2D eigenvalue weighted by Gasteiger charge is -2.34. The molecule has 1 radical (unpaired) electrons. The van der Waals surface area contributed by atoms with Gasteiger partial charge in [-0.1, -0.05) is 113 Å². The summed E-state index contributed by atoms with van der Waals surface area (Å²) in [4.78, 5) is 0. The molecule has 4 rings (SSSR count). The third-order valence-corrected chi connectivity index (χ3v) is 7.81. The van der Waals surface area contributed by atoms with Crippen LogP contribution in [0.25, 0.3) is 11.1 Å². The van der Waals surface area contributed by atoms with Gasteiger partial charge in [-0.05, 0) is 54.0 Å². The van der Waals surface area contributed by atoms with Gasteiger partial charge in [0, 0.05) is 18.0 Å². The molecule has 2 heteroatoms. The monoisotopic (exact) mass is 429 g/mol. The van der Waals surface area contributed by atoms with Crippen LogP contribution in [0.1, 0.15) is 113 Å². The Balaban J connectivity index is 1.75. The zero-order valence-electron chi connectivity index (χ0n) is 20.7. The Hall–Kier alpha value is -1.54. The van der Waals surface area contributed by atoms with E-state index in [1.54, 1.807) is 11.1 Å². The Morgan fingerprint density at radius 2 is 1.50 bits per heavy atom. The molecule has 2 aromatic carbocycles. The normalized spacial score (nSPS) is 18.8. The fourth-order valence-electron chi connectivity index (χ4n) is 6.04. The summed E-state index contributed by atoms with van der Waals surface area (Å²) in [7, 11) is 2.38. The highest BCUT2D eigenvalue weighted by atomic mass is 16.5. The van der Waals surface area contributed by atoms with Crippen molar-refractivity contribution in [3.05, 3.63) is 58.7 Å². The summed E-state index contributed by atoms with van der Waals surface area (Å²) in [5.41, 5.74) is 9.08. The standard InChI is InChI=1S/C30H42BO/c1-4-6-8-10-17-30(18-11-9-7-5-2)27-21-23(3)13-15-25(27)26-16-14-24(22-28(26)30)29-31-19-12-20-32-29/h13-16,21-22,29H,4-12,17-20H2,1-3H3. The molecular formula is C30H42BO. The number of benzene rings is 2. The lowest BCUT2D eigenvalue weighted by Crippen LogP contribution is -2.26. The minimum absolute atomic E-state index is 0.164. The summed E-state index contributed by atoms with van der Waals surface area (Å²) in [5.74, 6) is 0. The average molecular weight is 429 g/mol. The summed E-state index contributed by atoms with van der Waals surface area (Å²) in [6, 6.07) is 14.7. The summed E-state index contributed by atoms with van der Waals surface area (Å²) < 4.78 is 6.16. The van der Waals surface area contributed by atoms with E-state index in [1.165, 1.54) is 92.8 Å². The molecule has 0 bridgehead atoms. The van der Waals surface area contributed by atoms with E-state index in [2.05, 4.69) is 64.4 Å². The van der Waals surface area contributed by atoms with Crippen molar-refractivity contribution in [3.63, 3.8) is 0 Å². The molecule has 2 aliphatic rings. The van der Waals surface area contributed by atoms with Crippen LogP contribution in [0.3, 0.4) is 0 Å². The van der Waals surface area contributed by atoms with Crippen molar-refractivity contribution in [2.75, 3.05) is 6.61 Å². The Morgan fingerprint density at radius 3 is 2.12 bits per heavy atom. The van der Waals surface area contributed by atoms with E-state index in [4.69, 9.17) is 4.74 Å². The second-order valence-electron chi connectivity index (χ2n) is 10.2. The predicted molar refractivity (Wildman–Crippen MR) is 139 cm³/mol. The van der Waals surface area contributed by atoms with Crippen LogP contribution < -0.4 is 0 Å². The van der Waals surface area contributed by atoms with Crippen molar-refractivity contribution < 1.29 is 4.74 Å². The maximum Gasteiger partial charge on any atom is 0.155 e. The Bertz CT molecular complexity index is 868. The molecule has 0 saturated carbocycles. The first-order valence-corrected chi connectivity index (χ1v) is 13.4. The minimum atomic E-state index is 0.164. The van der Waals surface area contributed by atoms with Crippen molar-refractivity contribution in [1.29, 1.82) is 0 Å². The van der Waals surface area contributed by atoms with Gasteiger partial charge in [0.25, 0.3) is 0 Å². The molecular weight excluding hydrogens is 387 g/mol. The molecule has 1 heterocycles. The summed E-state index contributed by atoms with van der Waals surface area (Å²) in [6.45, 7) is 7.78. The molecule has 1 saturated heterocycles. The molecule has 0 amide bonds. The third kappa shape index (κ3) is 4.86. The highest BCUT2D eigenvalue weighted by molar-refractivity contribution is 6.37. The van der Waals surface area contributed by atoms with Gasteiger partial charge in [-0.2, -0.15) is 0 Å². The highest BCUT2D eigenvalue weighted by Gasteiger charge is 2.42. The fourth-order valence-corrected chi connectivity index (χ4v) is 6.04. The molecule has 1 fully saturated rings. The van der Waals surface area contributed by atoms with E-state index in [-0.39, 0.29) is 11.4 Å². The van der Waals surface area contributed by atoms with Crippen LogP contribution >= 0.6 is 0 Å². The van der Waals surface area contributed by atoms with E-state index in [1.807, 2.05) is 0 Å². The smallest absolute Gasteiger partial charge is 0.155 e. The lowest BCUT2D eigenvalue weighted by molar-refractivity contribution is 0.0944. The molecule has 1 aliphatic heterocycles. The number of fused-ring (bicyclic) bond motifs is 3. The van der Waals surface area contributed by atoms with E-state index < -0.39 is 0 Å². The van der Waals surface area contributed by atoms with Crippen molar-refractivity contribution >= 4 is 7.28 Å². The third-order valence-electron chi connectivity index (χ3n) is 7.81. The van der Waals surface area contributed by atoms with Gasteiger partial charge in [0.1, 0.15) is 0 Å². The molecule has 1 nitrogen and oxygen atoms in total. The minimum Gasteiger partial charge on any atom is -0.383 e. The number of aryl methyl sites for hydroxylation is 1. The van der Waals surface area contributed by atoms with Gasteiger partial charge in [-0.25, -0.2) is 0 Å². The number of unbranched alkanes of at least 4 members (excludes halogenated alkanes) is 6. The molecule has 32 heavy (non-hydrogen) atoms. The van der Waals surface area contributed by atoms with E-state index >= 15 is 0 Å². The fraction of sp³-hybridized carbons (Fsp3) is 0.600. The molecule has 171 valence electrons. The van der Waals surface area contributed by atoms with Gasteiger partial charge in [0.15, 0.2) is 7.28 Å². The molecule has 2 aromatic rings.